The van der Waals surface area contributed by atoms with E-state index in [1.807, 2.05) is 36.9 Å². The molecule has 32 heavy (non-hydrogen) atoms. The molecule has 0 unspecified atom stereocenters. The summed E-state index contributed by atoms with van der Waals surface area (Å²) in [6, 6.07) is 9.05. The topological polar surface area (TPSA) is 57.2 Å². The molecule has 0 N–H and O–H groups in total. The zero-order valence-electron chi connectivity index (χ0n) is 18.6. The Bertz CT molecular complexity index is 1240. The van der Waals surface area contributed by atoms with Crippen LogP contribution in [0.1, 0.15) is 29.1 Å². The summed E-state index contributed by atoms with van der Waals surface area (Å²) in [7, 11) is 9.37. The minimum atomic E-state index is -0.618. The number of carbonyl (C=O) groups excluding carboxylic acids is 1. The number of nitrogens with zero attached hydrogens (tertiary/aromatic N) is 1. The van der Waals surface area contributed by atoms with Crippen molar-refractivity contribution in [1.82, 2.24) is 0 Å². The third-order valence-corrected chi connectivity index (χ3v) is 8.91. The van der Waals surface area contributed by atoms with Gasteiger partial charge in [0.15, 0.2) is 11.5 Å². The Hall–Kier alpha value is -2.62. The summed E-state index contributed by atoms with van der Waals surface area (Å²) in [5, 5.41) is 0. The molecule has 0 aliphatic carbocycles. The fourth-order valence-electron chi connectivity index (χ4n) is 4.03. The number of amides is 1. The van der Waals surface area contributed by atoms with Crippen LogP contribution in [0.15, 0.2) is 30.3 Å². The number of ether oxygens (including phenoxy) is 4. The van der Waals surface area contributed by atoms with Crippen molar-refractivity contribution in [2.24, 2.45) is 0 Å². The van der Waals surface area contributed by atoms with Crippen LogP contribution in [-0.4, -0.2) is 34.3 Å². The summed E-state index contributed by atoms with van der Waals surface area (Å²) in [5.74, 6) is 1.81. The van der Waals surface area contributed by atoms with Gasteiger partial charge in [0.25, 0.3) is 5.91 Å². The fourth-order valence-corrected chi connectivity index (χ4v) is 7.31. The first-order valence-corrected chi connectivity index (χ1v) is 12.3. The van der Waals surface area contributed by atoms with E-state index in [0.29, 0.717) is 28.6 Å². The maximum atomic E-state index is 14.0. The monoisotopic (exact) mass is 489 g/mol. The van der Waals surface area contributed by atoms with E-state index < -0.39 is 5.54 Å². The van der Waals surface area contributed by atoms with Gasteiger partial charge in [0, 0.05) is 16.7 Å². The minimum Gasteiger partial charge on any atom is -0.497 e. The quantitative estimate of drug-likeness (QED) is 0.317. The smallest absolute Gasteiger partial charge is 0.259 e. The zero-order valence-corrected chi connectivity index (χ0v) is 21.0. The summed E-state index contributed by atoms with van der Waals surface area (Å²) in [4.78, 5) is 16.9. The van der Waals surface area contributed by atoms with Gasteiger partial charge in [-0.05, 0) is 44.2 Å². The number of hydrogen-bond acceptors (Lipinski definition) is 8. The zero-order chi connectivity index (χ0) is 23.2. The molecule has 1 aromatic heterocycles. The molecule has 2 aromatic carbocycles. The number of methoxy groups -OCH3 is 4. The maximum Gasteiger partial charge on any atom is 0.259 e. The molecule has 4 rings (SSSR count). The predicted molar refractivity (Wildman–Crippen MR) is 131 cm³/mol. The van der Waals surface area contributed by atoms with Crippen LogP contribution < -0.4 is 23.8 Å². The molecular weight excluding hydrogens is 466 g/mol. The molecule has 6 nitrogen and oxygen atoms in total. The average Bonchev–Trinajstić information content (AvgIpc) is 3.20. The lowest BCUT2D eigenvalue weighted by molar-refractivity contribution is 0.0960. The van der Waals surface area contributed by atoms with Gasteiger partial charge < -0.3 is 18.9 Å². The molecule has 0 atom stereocenters. The normalized spacial score (nSPS) is 13.8. The van der Waals surface area contributed by atoms with Crippen LogP contribution in [0, 0.1) is 3.82 Å². The molecule has 1 amide bonds. The molecule has 0 bridgehead atoms. The van der Waals surface area contributed by atoms with Crippen LogP contribution in [0.2, 0.25) is 0 Å². The van der Waals surface area contributed by atoms with Gasteiger partial charge in [0.2, 0.25) is 5.75 Å². The van der Waals surface area contributed by atoms with Crippen molar-refractivity contribution in [2.45, 2.75) is 19.4 Å². The van der Waals surface area contributed by atoms with E-state index >= 15 is 0 Å². The van der Waals surface area contributed by atoms with Crippen molar-refractivity contribution < 1.29 is 23.7 Å². The fraction of sp³-hybridized carbons (Fsp3) is 0.304. The van der Waals surface area contributed by atoms with E-state index in [0.717, 1.165) is 25.5 Å². The molecule has 0 spiro atoms. The molecular formula is C23H23NO5S3. The number of anilines is 1. The van der Waals surface area contributed by atoms with E-state index in [9.17, 15) is 4.79 Å². The largest absolute Gasteiger partial charge is 0.497 e. The Kier molecular flexibility index (Phi) is 5.91. The Morgan fingerprint density at radius 3 is 2.16 bits per heavy atom. The highest BCUT2D eigenvalue weighted by Crippen LogP contribution is 2.53. The second-order valence-electron chi connectivity index (χ2n) is 7.65. The lowest BCUT2D eigenvalue weighted by Crippen LogP contribution is -2.47. The van der Waals surface area contributed by atoms with Crippen LogP contribution in [0.5, 0.6) is 23.0 Å². The van der Waals surface area contributed by atoms with E-state index in [-0.39, 0.29) is 5.91 Å². The van der Waals surface area contributed by atoms with Crippen molar-refractivity contribution in [3.63, 3.8) is 0 Å². The van der Waals surface area contributed by atoms with Gasteiger partial charge in [-0.15, -0.1) is 0 Å². The van der Waals surface area contributed by atoms with Crippen molar-refractivity contribution in [3.8, 4) is 34.1 Å². The molecule has 2 heterocycles. The van der Waals surface area contributed by atoms with Gasteiger partial charge in [-0.3, -0.25) is 9.69 Å². The lowest BCUT2D eigenvalue weighted by atomic mass is 9.86. The SMILES string of the molecule is COc1ccc2c(c1)-c1c(ssc1=S)C(C)(C)N2C(=O)c1cc(OC)c(OC)c(OC)c1. The highest BCUT2D eigenvalue weighted by atomic mass is 32.9. The first-order valence-electron chi connectivity index (χ1n) is 9.75. The Balaban J connectivity index is 1.95. The van der Waals surface area contributed by atoms with Gasteiger partial charge in [-0.25, -0.2) is 0 Å². The van der Waals surface area contributed by atoms with Crippen LogP contribution in [0.3, 0.4) is 0 Å². The number of benzene rings is 2. The van der Waals surface area contributed by atoms with Gasteiger partial charge in [-0.1, -0.05) is 32.9 Å². The molecule has 9 heteroatoms. The highest BCUT2D eigenvalue weighted by molar-refractivity contribution is 7.80. The molecule has 0 saturated carbocycles. The molecule has 168 valence electrons. The van der Waals surface area contributed by atoms with Gasteiger partial charge in [-0.2, -0.15) is 0 Å². The van der Waals surface area contributed by atoms with Crippen molar-refractivity contribution >= 4 is 44.5 Å². The molecule has 1 aliphatic rings. The average molecular weight is 490 g/mol. The third kappa shape index (κ3) is 3.35. The number of carbonyl (C=O) groups is 1. The van der Waals surface area contributed by atoms with E-state index in [4.69, 9.17) is 31.2 Å². The van der Waals surface area contributed by atoms with Crippen LogP contribution >= 0.6 is 32.9 Å². The van der Waals surface area contributed by atoms with Crippen LogP contribution in [-0.2, 0) is 5.54 Å². The van der Waals surface area contributed by atoms with Gasteiger partial charge >= 0.3 is 0 Å². The number of hydrogen-bond donors (Lipinski definition) is 0. The minimum absolute atomic E-state index is 0.185. The lowest BCUT2D eigenvalue weighted by Gasteiger charge is -2.43. The van der Waals surface area contributed by atoms with Crippen LogP contribution in [0.25, 0.3) is 11.1 Å². The van der Waals surface area contributed by atoms with Gasteiger partial charge in [0.05, 0.1) is 44.5 Å². The first-order chi connectivity index (χ1) is 15.3. The summed E-state index contributed by atoms with van der Waals surface area (Å²) < 4.78 is 22.6. The molecule has 3 aromatic rings. The summed E-state index contributed by atoms with van der Waals surface area (Å²) in [5.41, 5.74) is 2.48. The molecule has 0 radical (unpaired) electrons. The van der Waals surface area contributed by atoms with Crippen molar-refractivity contribution in [2.75, 3.05) is 33.3 Å². The highest BCUT2D eigenvalue weighted by Gasteiger charge is 2.43. The summed E-state index contributed by atoms with van der Waals surface area (Å²) >= 11 is 5.66. The molecule has 1 aliphatic heterocycles. The second-order valence-corrected chi connectivity index (χ2v) is 10.5. The third-order valence-electron chi connectivity index (χ3n) is 5.58. The van der Waals surface area contributed by atoms with E-state index in [1.165, 1.54) is 21.3 Å². The molecule has 0 fully saturated rings. The summed E-state index contributed by atoms with van der Waals surface area (Å²) in [6.07, 6.45) is 0. The van der Waals surface area contributed by atoms with E-state index in [1.54, 1.807) is 39.9 Å². The maximum absolute atomic E-state index is 14.0. The Morgan fingerprint density at radius 2 is 1.59 bits per heavy atom. The predicted octanol–water partition coefficient (Wildman–Crippen LogP) is 6.14. The Labute approximate surface area is 199 Å². The number of rotatable bonds is 5. The van der Waals surface area contributed by atoms with Crippen molar-refractivity contribution in [1.29, 1.82) is 0 Å². The number of fused-ring (bicyclic) bond motifs is 3. The Morgan fingerprint density at radius 1 is 0.938 bits per heavy atom. The first kappa shape index (κ1) is 22.6. The summed E-state index contributed by atoms with van der Waals surface area (Å²) in [6.45, 7) is 4.07. The standard InChI is InChI=1S/C23H23NO5S3/c1-23(2)20-18(22(30)32-31-20)14-11-13(26-3)7-8-15(14)24(23)21(25)12-9-16(27-4)19(29-6)17(10-12)28-5/h7-11H,1-6H3. The molecule has 0 saturated heterocycles. The van der Waals surface area contributed by atoms with E-state index in [2.05, 4.69) is 0 Å². The van der Waals surface area contributed by atoms with Crippen molar-refractivity contribution in [3.05, 3.63) is 44.6 Å². The van der Waals surface area contributed by atoms with Crippen LogP contribution in [0.4, 0.5) is 5.69 Å². The van der Waals surface area contributed by atoms with Gasteiger partial charge in [0.1, 0.15) is 9.57 Å². The second kappa shape index (κ2) is 8.38.